The summed E-state index contributed by atoms with van der Waals surface area (Å²) >= 11 is 0. The number of hydrogen-bond acceptors (Lipinski definition) is 3. The molecule has 1 aromatic carbocycles. The smallest absolute Gasteiger partial charge is 0.328 e. The first kappa shape index (κ1) is 18.8. The van der Waals surface area contributed by atoms with Gasteiger partial charge in [-0.05, 0) is 17.7 Å². The standard InChI is InChI=1S/C19H26N6O2/c1-19(2,3)15-10-16(25(6)22-15)21-17(26)20-11-12-7-8-13-14(9-12)24(5)18(27)23(13)4/h7-10H,11H2,1-6H3,(H2,20,21,26). The molecule has 3 rings (SSSR count). The maximum Gasteiger partial charge on any atom is 0.328 e. The van der Waals surface area contributed by atoms with Gasteiger partial charge in [-0.1, -0.05) is 26.8 Å². The Hall–Kier alpha value is -3.03. The molecule has 8 heteroatoms. The van der Waals surface area contributed by atoms with Crippen molar-refractivity contribution in [2.45, 2.75) is 32.7 Å². The van der Waals surface area contributed by atoms with Crippen LogP contribution < -0.4 is 16.3 Å². The molecule has 3 aromatic rings. The molecule has 0 saturated heterocycles. The van der Waals surface area contributed by atoms with Crippen LogP contribution in [0.5, 0.6) is 0 Å². The van der Waals surface area contributed by atoms with Gasteiger partial charge in [0.05, 0.1) is 16.7 Å². The number of benzene rings is 1. The van der Waals surface area contributed by atoms with Crippen molar-refractivity contribution in [3.63, 3.8) is 0 Å². The first-order chi connectivity index (χ1) is 12.6. The molecule has 0 fully saturated rings. The molecule has 2 N–H and O–H groups in total. The van der Waals surface area contributed by atoms with Gasteiger partial charge in [-0.2, -0.15) is 5.10 Å². The Balaban J connectivity index is 1.69. The van der Waals surface area contributed by atoms with Crippen LogP contribution in [0.15, 0.2) is 29.1 Å². The van der Waals surface area contributed by atoms with Gasteiger partial charge in [0.2, 0.25) is 0 Å². The quantitative estimate of drug-likeness (QED) is 0.741. The van der Waals surface area contributed by atoms with E-state index in [1.807, 2.05) is 24.3 Å². The molecule has 0 saturated carbocycles. The van der Waals surface area contributed by atoms with Gasteiger partial charge in [-0.25, -0.2) is 9.59 Å². The van der Waals surface area contributed by atoms with Crippen molar-refractivity contribution in [1.29, 1.82) is 0 Å². The molecule has 0 bridgehead atoms. The molecule has 0 spiro atoms. The molecule has 0 aliphatic heterocycles. The number of aryl methyl sites for hydroxylation is 3. The number of nitrogens with one attached hydrogen (secondary N) is 2. The number of anilines is 1. The van der Waals surface area contributed by atoms with E-state index in [9.17, 15) is 9.59 Å². The molecule has 0 radical (unpaired) electrons. The number of aromatic nitrogens is 4. The van der Waals surface area contributed by atoms with E-state index >= 15 is 0 Å². The summed E-state index contributed by atoms with van der Waals surface area (Å²) in [6, 6.07) is 7.29. The van der Waals surface area contributed by atoms with E-state index in [1.165, 1.54) is 0 Å². The summed E-state index contributed by atoms with van der Waals surface area (Å²) < 4.78 is 4.86. The van der Waals surface area contributed by atoms with Crippen LogP contribution in [0, 0.1) is 0 Å². The SMILES string of the molecule is Cn1nc(C(C)(C)C)cc1NC(=O)NCc1ccc2c(c1)n(C)c(=O)n2C. The number of carbonyl (C=O) groups excluding carboxylic acids is 1. The van der Waals surface area contributed by atoms with Crippen molar-refractivity contribution in [3.05, 3.63) is 46.0 Å². The lowest BCUT2D eigenvalue weighted by atomic mass is 9.92. The van der Waals surface area contributed by atoms with Gasteiger partial charge in [0, 0.05) is 39.2 Å². The minimum absolute atomic E-state index is 0.0706. The number of urea groups is 1. The summed E-state index contributed by atoms with van der Waals surface area (Å²) in [5.74, 6) is 0.637. The zero-order valence-electron chi connectivity index (χ0n) is 16.6. The van der Waals surface area contributed by atoms with E-state index in [1.54, 1.807) is 35.0 Å². The summed E-state index contributed by atoms with van der Waals surface area (Å²) in [5, 5.41) is 10.1. The Bertz CT molecular complexity index is 1060. The van der Waals surface area contributed by atoms with Crippen LogP contribution in [0.1, 0.15) is 32.0 Å². The minimum atomic E-state index is -0.305. The largest absolute Gasteiger partial charge is 0.334 e. The van der Waals surface area contributed by atoms with Gasteiger partial charge in [0.15, 0.2) is 0 Å². The monoisotopic (exact) mass is 370 g/mol. The van der Waals surface area contributed by atoms with Crippen molar-refractivity contribution >= 4 is 22.9 Å². The van der Waals surface area contributed by atoms with E-state index in [-0.39, 0.29) is 17.1 Å². The topological polar surface area (TPSA) is 85.9 Å². The fraction of sp³-hybridized carbons (Fsp3) is 0.421. The Labute approximate surface area is 157 Å². The predicted octanol–water partition coefficient (Wildman–Crippen LogP) is 2.23. The van der Waals surface area contributed by atoms with E-state index in [0.717, 1.165) is 22.3 Å². The number of amides is 2. The minimum Gasteiger partial charge on any atom is -0.334 e. The zero-order valence-corrected chi connectivity index (χ0v) is 16.6. The third-order valence-corrected chi connectivity index (χ3v) is 4.68. The summed E-state index contributed by atoms with van der Waals surface area (Å²) in [7, 11) is 5.29. The number of carbonyl (C=O) groups is 1. The third kappa shape index (κ3) is 3.60. The van der Waals surface area contributed by atoms with E-state index in [0.29, 0.717) is 12.4 Å². The van der Waals surface area contributed by atoms with Crippen LogP contribution >= 0.6 is 0 Å². The molecule has 8 nitrogen and oxygen atoms in total. The molecule has 0 aliphatic rings. The van der Waals surface area contributed by atoms with E-state index in [4.69, 9.17) is 0 Å². The molecule has 0 atom stereocenters. The van der Waals surface area contributed by atoms with E-state index in [2.05, 4.69) is 36.5 Å². The number of nitrogens with zero attached hydrogens (tertiary/aromatic N) is 4. The van der Waals surface area contributed by atoms with Gasteiger partial charge in [0.1, 0.15) is 5.82 Å². The number of rotatable bonds is 3. The van der Waals surface area contributed by atoms with Crippen LogP contribution in [0.25, 0.3) is 11.0 Å². The highest BCUT2D eigenvalue weighted by atomic mass is 16.2. The van der Waals surface area contributed by atoms with Crippen LogP contribution in [0.2, 0.25) is 0 Å². The molecule has 2 heterocycles. The van der Waals surface area contributed by atoms with Crippen molar-refractivity contribution in [2.75, 3.05) is 5.32 Å². The lowest BCUT2D eigenvalue weighted by Gasteiger charge is -2.13. The van der Waals surface area contributed by atoms with Crippen molar-refractivity contribution < 1.29 is 4.79 Å². The number of fused-ring (bicyclic) bond motifs is 1. The fourth-order valence-electron chi connectivity index (χ4n) is 2.96. The second-order valence-electron chi connectivity index (χ2n) is 7.82. The summed E-state index contributed by atoms with van der Waals surface area (Å²) in [6.45, 7) is 6.58. The van der Waals surface area contributed by atoms with E-state index < -0.39 is 0 Å². The fourth-order valence-corrected chi connectivity index (χ4v) is 2.96. The Morgan fingerprint density at radius 1 is 1.07 bits per heavy atom. The zero-order chi connectivity index (χ0) is 19.9. The number of hydrogen-bond donors (Lipinski definition) is 2. The summed E-state index contributed by atoms with van der Waals surface area (Å²) in [4.78, 5) is 24.3. The second kappa shape index (κ2) is 6.61. The van der Waals surface area contributed by atoms with Gasteiger partial charge < -0.3 is 5.32 Å². The molecule has 2 aromatic heterocycles. The maximum atomic E-state index is 12.3. The third-order valence-electron chi connectivity index (χ3n) is 4.68. The van der Waals surface area contributed by atoms with Crippen molar-refractivity contribution in [1.82, 2.24) is 24.2 Å². The highest BCUT2D eigenvalue weighted by Gasteiger charge is 2.19. The highest BCUT2D eigenvalue weighted by Crippen LogP contribution is 2.23. The Kier molecular flexibility index (Phi) is 4.59. The van der Waals surface area contributed by atoms with Crippen molar-refractivity contribution in [3.8, 4) is 0 Å². The molecular weight excluding hydrogens is 344 g/mol. The maximum absolute atomic E-state index is 12.3. The predicted molar refractivity (Wildman–Crippen MR) is 106 cm³/mol. The lowest BCUT2D eigenvalue weighted by molar-refractivity contribution is 0.251. The first-order valence-corrected chi connectivity index (χ1v) is 8.81. The molecular formula is C19H26N6O2. The lowest BCUT2D eigenvalue weighted by Crippen LogP contribution is -2.29. The first-order valence-electron chi connectivity index (χ1n) is 8.81. The van der Waals surface area contributed by atoms with Crippen LogP contribution in [-0.4, -0.2) is 24.9 Å². The van der Waals surface area contributed by atoms with Gasteiger partial charge in [-0.15, -0.1) is 0 Å². The van der Waals surface area contributed by atoms with Crippen LogP contribution in [-0.2, 0) is 33.1 Å². The van der Waals surface area contributed by atoms with Crippen LogP contribution in [0.3, 0.4) is 0 Å². The van der Waals surface area contributed by atoms with Gasteiger partial charge >= 0.3 is 11.7 Å². The Morgan fingerprint density at radius 3 is 2.37 bits per heavy atom. The molecule has 2 amide bonds. The average Bonchev–Trinajstić information content (AvgIpc) is 3.07. The molecule has 144 valence electrons. The van der Waals surface area contributed by atoms with Crippen LogP contribution in [0.4, 0.5) is 10.6 Å². The summed E-state index contributed by atoms with van der Waals surface area (Å²) in [6.07, 6.45) is 0. The van der Waals surface area contributed by atoms with Crippen molar-refractivity contribution in [2.24, 2.45) is 21.1 Å². The normalized spacial score (nSPS) is 11.8. The summed E-state index contributed by atoms with van der Waals surface area (Å²) in [5.41, 5.74) is 3.37. The number of imidazole rings is 1. The molecule has 27 heavy (non-hydrogen) atoms. The average molecular weight is 370 g/mol. The highest BCUT2D eigenvalue weighted by molar-refractivity contribution is 5.88. The molecule has 0 unspecified atom stereocenters. The Morgan fingerprint density at radius 2 is 1.74 bits per heavy atom. The van der Waals surface area contributed by atoms with Gasteiger partial charge in [-0.3, -0.25) is 19.1 Å². The molecule has 0 aliphatic carbocycles. The second-order valence-corrected chi connectivity index (χ2v) is 7.82. The van der Waals surface area contributed by atoms with Gasteiger partial charge in [0.25, 0.3) is 0 Å².